The molecule has 7 heteroatoms. The van der Waals surface area contributed by atoms with E-state index in [0.29, 0.717) is 0 Å². The van der Waals surface area contributed by atoms with E-state index in [1.165, 1.54) is 38.3 Å². The van der Waals surface area contributed by atoms with E-state index in [1.54, 1.807) is 12.1 Å². The van der Waals surface area contributed by atoms with E-state index in [-0.39, 0.29) is 28.4 Å². The highest BCUT2D eigenvalue weighted by molar-refractivity contribution is 6.08. The smallest absolute Gasteiger partial charge is 0.339 e. The molecule has 0 saturated heterocycles. The van der Waals surface area contributed by atoms with Crippen molar-refractivity contribution in [2.45, 2.75) is 6.92 Å². The van der Waals surface area contributed by atoms with Gasteiger partial charge in [-0.3, -0.25) is 9.59 Å². The van der Waals surface area contributed by atoms with Crippen LogP contribution in [-0.2, 0) is 9.53 Å². The third-order valence-corrected chi connectivity index (χ3v) is 3.11. The van der Waals surface area contributed by atoms with Crippen molar-refractivity contribution in [3.8, 4) is 0 Å². The van der Waals surface area contributed by atoms with Crippen molar-refractivity contribution >= 4 is 29.2 Å². The molecule has 6 nitrogen and oxygen atoms in total. The van der Waals surface area contributed by atoms with Crippen LogP contribution >= 0.6 is 0 Å². The lowest BCUT2D eigenvalue weighted by molar-refractivity contribution is -0.114. The third kappa shape index (κ3) is 3.95. The van der Waals surface area contributed by atoms with Crippen LogP contribution in [-0.4, -0.2) is 24.9 Å². The lowest BCUT2D eigenvalue weighted by Crippen LogP contribution is -2.17. The predicted octanol–water partition coefficient (Wildman–Crippen LogP) is 2.82. The molecule has 0 bridgehead atoms. The molecule has 0 aliphatic carbocycles. The topological polar surface area (TPSA) is 84.5 Å². The summed E-state index contributed by atoms with van der Waals surface area (Å²) in [6.45, 7) is 1.30. The Kier molecular flexibility index (Phi) is 5.26. The Labute approximate surface area is 137 Å². The first-order valence-electron chi connectivity index (χ1n) is 6.98. The van der Waals surface area contributed by atoms with Crippen LogP contribution in [0.2, 0.25) is 0 Å². The zero-order valence-corrected chi connectivity index (χ0v) is 13.1. The van der Waals surface area contributed by atoms with Gasteiger partial charge < -0.3 is 15.4 Å². The number of anilines is 2. The largest absolute Gasteiger partial charge is 0.465 e. The summed E-state index contributed by atoms with van der Waals surface area (Å²) in [5.41, 5.74) is 0.363. The molecule has 2 aromatic rings. The molecule has 0 fully saturated rings. The number of halogens is 1. The summed E-state index contributed by atoms with van der Waals surface area (Å²) in [7, 11) is 1.22. The normalized spacial score (nSPS) is 9.96. The number of amides is 2. The van der Waals surface area contributed by atoms with Gasteiger partial charge in [-0.05, 0) is 30.3 Å². The fourth-order valence-electron chi connectivity index (χ4n) is 2.05. The molecule has 0 aliphatic rings. The monoisotopic (exact) mass is 330 g/mol. The van der Waals surface area contributed by atoms with Crippen LogP contribution in [0, 0.1) is 5.82 Å². The summed E-state index contributed by atoms with van der Waals surface area (Å²) in [4.78, 5) is 35.1. The second-order valence-corrected chi connectivity index (χ2v) is 4.87. The Balaban J connectivity index is 2.31. The van der Waals surface area contributed by atoms with Gasteiger partial charge in [-0.1, -0.05) is 12.1 Å². The number of carbonyl (C=O) groups excluding carboxylic acids is 3. The quantitative estimate of drug-likeness (QED) is 0.844. The molecular weight excluding hydrogens is 315 g/mol. The first kappa shape index (κ1) is 17.1. The number of hydrogen-bond donors (Lipinski definition) is 2. The number of ether oxygens (including phenoxy) is 1. The fourth-order valence-corrected chi connectivity index (χ4v) is 2.05. The Bertz CT molecular complexity index is 805. The summed E-state index contributed by atoms with van der Waals surface area (Å²) in [5, 5.41) is 4.94. The summed E-state index contributed by atoms with van der Waals surface area (Å²) in [5.74, 6) is -2.48. The minimum absolute atomic E-state index is 0.145. The van der Waals surface area contributed by atoms with Crippen molar-refractivity contribution in [2.75, 3.05) is 17.7 Å². The van der Waals surface area contributed by atoms with Gasteiger partial charge in [0.05, 0.1) is 23.9 Å². The summed E-state index contributed by atoms with van der Waals surface area (Å²) >= 11 is 0. The molecule has 0 aliphatic heterocycles. The van der Waals surface area contributed by atoms with Crippen molar-refractivity contribution in [3.63, 3.8) is 0 Å². The van der Waals surface area contributed by atoms with Crippen molar-refractivity contribution < 1.29 is 23.5 Å². The number of nitrogens with one attached hydrogen (secondary N) is 2. The second-order valence-electron chi connectivity index (χ2n) is 4.87. The number of methoxy groups -OCH3 is 1. The first-order valence-corrected chi connectivity index (χ1v) is 6.98. The molecule has 124 valence electrons. The minimum Gasteiger partial charge on any atom is -0.465 e. The van der Waals surface area contributed by atoms with E-state index in [9.17, 15) is 18.8 Å². The minimum atomic E-state index is -0.754. The van der Waals surface area contributed by atoms with Crippen molar-refractivity contribution in [2.24, 2.45) is 0 Å². The van der Waals surface area contributed by atoms with E-state index in [0.717, 1.165) is 6.07 Å². The van der Waals surface area contributed by atoms with E-state index < -0.39 is 17.7 Å². The average molecular weight is 330 g/mol. The molecule has 2 aromatic carbocycles. The van der Waals surface area contributed by atoms with Gasteiger partial charge in [-0.15, -0.1) is 0 Å². The number of esters is 1. The SMILES string of the molecule is COC(=O)c1ccccc1NC(=O)c1cc(NC(C)=O)ccc1F. The van der Waals surface area contributed by atoms with Gasteiger partial charge in [-0.2, -0.15) is 0 Å². The highest BCUT2D eigenvalue weighted by Crippen LogP contribution is 2.20. The molecule has 2 rings (SSSR count). The van der Waals surface area contributed by atoms with Crippen LogP contribution < -0.4 is 10.6 Å². The molecule has 0 aromatic heterocycles. The van der Waals surface area contributed by atoms with E-state index in [1.807, 2.05) is 0 Å². The highest BCUT2D eigenvalue weighted by atomic mass is 19.1. The number of carbonyl (C=O) groups is 3. The van der Waals surface area contributed by atoms with E-state index in [4.69, 9.17) is 0 Å². The van der Waals surface area contributed by atoms with Crippen molar-refractivity contribution in [1.29, 1.82) is 0 Å². The average Bonchev–Trinajstić information content (AvgIpc) is 2.56. The molecule has 2 amide bonds. The maximum Gasteiger partial charge on any atom is 0.339 e. The predicted molar refractivity (Wildman–Crippen MR) is 86.4 cm³/mol. The molecule has 0 atom stereocenters. The Morgan fingerprint density at radius 3 is 2.38 bits per heavy atom. The van der Waals surface area contributed by atoms with Gasteiger partial charge in [0.2, 0.25) is 5.91 Å². The third-order valence-electron chi connectivity index (χ3n) is 3.11. The molecule has 0 heterocycles. The fraction of sp³-hybridized carbons (Fsp3) is 0.118. The highest BCUT2D eigenvalue weighted by Gasteiger charge is 2.17. The van der Waals surface area contributed by atoms with Crippen molar-refractivity contribution in [3.05, 3.63) is 59.4 Å². The van der Waals surface area contributed by atoms with Gasteiger partial charge in [0.1, 0.15) is 5.82 Å². The molecule has 0 spiro atoms. The number of hydrogen-bond acceptors (Lipinski definition) is 4. The molecular formula is C17H15FN2O4. The van der Waals surface area contributed by atoms with Gasteiger partial charge in [0, 0.05) is 12.6 Å². The van der Waals surface area contributed by atoms with Crippen LogP contribution in [0.25, 0.3) is 0 Å². The van der Waals surface area contributed by atoms with Crippen LogP contribution in [0.15, 0.2) is 42.5 Å². The zero-order valence-electron chi connectivity index (χ0n) is 13.1. The summed E-state index contributed by atoms with van der Waals surface area (Å²) in [6.07, 6.45) is 0. The lowest BCUT2D eigenvalue weighted by Gasteiger charge is -2.11. The molecule has 2 N–H and O–H groups in total. The number of para-hydroxylation sites is 1. The summed E-state index contributed by atoms with van der Waals surface area (Å²) < 4.78 is 18.6. The molecule has 0 unspecified atom stereocenters. The maximum atomic E-state index is 13.9. The Morgan fingerprint density at radius 2 is 1.71 bits per heavy atom. The Hall–Kier alpha value is -3.22. The van der Waals surface area contributed by atoms with Crippen LogP contribution in [0.1, 0.15) is 27.6 Å². The van der Waals surface area contributed by atoms with E-state index in [2.05, 4.69) is 15.4 Å². The van der Waals surface area contributed by atoms with Crippen LogP contribution in [0.3, 0.4) is 0 Å². The van der Waals surface area contributed by atoms with Gasteiger partial charge in [-0.25, -0.2) is 9.18 Å². The summed E-state index contributed by atoms with van der Waals surface area (Å²) in [6, 6.07) is 9.84. The lowest BCUT2D eigenvalue weighted by atomic mass is 10.1. The second kappa shape index (κ2) is 7.36. The number of rotatable bonds is 4. The van der Waals surface area contributed by atoms with E-state index >= 15 is 0 Å². The van der Waals surface area contributed by atoms with Crippen LogP contribution in [0.5, 0.6) is 0 Å². The maximum absolute atomic E-state index is 13.9. The van der Waals surface area contributed by atoms with Gasteiger partial charge >= 0.3 is 5.97 Å². The number of benzene rings is 2. The van der Waals surface area contributed by atoms with Crippen molar-refractivity contribution in [1.82, 2.24) is 0 Å². The van der Waals surface area contributed by atoms with Gasteiger partial charge in [0.15, 0.2) is 0 Å². The van der Waals surface area contributed by atoms with Gasteiger partial charge in [0.25, 0.3) is 5.91 Å². The first-order chi connectivity index (χ1) is 11.4. The standard InChI is InChI=1S/C17H15FN2O4/c1-10(21)19-11-7-8-14(18)13(9-11)16(22)20-15-6-4-3-5-12(15)17(23)24-2/h3-9H,1-2H3,(H,19,21)(H,20,22). The molecule has 0 saturated carbocycles. The zero-order chi connectivity index (χ0) is 17.7. The Morgan fingerprint density at radius 1 is 1.00 bits per heavy atom. The molecule has 0 radical (unpaired) electrons. The molecule has 24 heavy (non-hydrogen) atoms. The van der Waals surface area contributed by atoms with Crippen LogP contribution in [0.4, 0.5) is 15.8 Å².